The molecule has 196 valence electrons. The van der Waals surface area contributed by atoms with E-state index in [1.54, 1.807) is 11.0 Å². The molecule has 4 heterocycles. The molecular formula is C27H23F2N3O5S. The molecule has 3 aromatic rings. The third kappa shape index (κ3) is 3.88. The maximum Gasteiger partial charge on any atom is 0.308 e. The number of thioether (sulfide) groups is 1. The van der Waals surface area contributed by atoms with Gasteiger partial charge in [-0.3, -0.25) is 24.1 Å². The van der Waals surface area contributed by atoms with Crippen molar-refractivity contribution in [3.8, 4) is 5.75 Å². The predicted octanol–water partition coefficient (Wildman–Crippen LogP) is 3.59. The zero-order valence-electron chi connectivity index (χ0n) is 20.4. The van der Waals surface area contributed by atoms with E-state index in [9.17, 15) is 18.8 Å². The molecule has 0 unspecified atom stereocenters. The number of aromatic nitrogens is 1. The summed E-state index contributed by atoms with van der Waals surface area (Å²) < 4.78 is 42.1. The predicted molar refractivity (Wildman–Crippen MR) is 135 cm³/mol. The largest absolute Gasteiger partial charge is 0.420 e. The lowest BCUT2D eigenvalue weighted by atomic mass is 9.93. The van der Waals surface area contributed by atoms with Crippen molar-refractivity contribution in [2.45, 2.75) is 36.2 Å². The molecule has 11 heteroatoms. The van der Waals surface area contributed by atoms with Crippen molar-refractivity contribution in [1.82, 2.24) is 9.58 Å². The third-order valence-corrected chi connectivity index (χ3v) is 8.15. The van der Waals surface area contributed by atoms with E-state index in [1.165, 1.54) is 28.7 Å². The van der Waals surface area contributed by atoms with Gasteiger partial charge in [0.25, 0.3) is 5.91 Å². The van der Waals surface area contributed by atoms with Gasteiger partial charge in [0.15, 0.2) is 17.3 Å². The number of benzene rings is 2. The van der Waals surface area contributed by atoms with Crippen LogP contribution in [0.3, 0.4) is 0 Å². The SMILES string of the molecule is CC(=O)Oc1c2n(ccc1=O)N([C@@H]1c3ccccc3SCc3c1ccc(F)c3F)[C@@H]1CCOCCN1C2=O. The highest BCUT2D eigenvalue weighted by molar-refractivity contribution is 7.98. The molecule has 0 bridgehead atoms. The Morgan fingerprint density at radius 3 is 2.71 bits per heavy atom. The van der Waals surface area contributed by atoms with E-state index < -0.39 is 41.1 Å². The van der Waals surface area contributed by atoms with Crippen molar-refractivity contribution in [2.24, 2.45) is 0 Å². The number of ether oxygens (including phenoxy) is 2. The van der Waals surface area contributed by atoms with Gasteiger partial charge in [-0.15, -0.1) is 11.8 Å². The number of nitrogens with zero attached hydrogens (tertiary/aromatic N) is 3. The van der Waals surface area contributed by atoms with Crippen molar-refractivity contribution in [2.75, 3.05) is 24.8 Å². The molecule has 0 aliphatic carbocycles. The molecule has 0 radical (unpaired) electrons. The quantitative estimate of drug-likeness (QED) is 0.461. The van der Waals surface area contributed by atoms with Crippen LogP contribution in [0.1, 0.15) is 46.6 Å². The normalized spacial score (nSPS) is 20.4. The number of carbonyl (C=O) groups excluding carboxylic acids is 2. The first kappa shape index (κ1) is 24.6. The molecule has 0 spiro atoms. The first-order chi connectivity index (χ1) is 18.4. The fourth-order valence-electron chi connectivity index (χ4n) is 5.44. The summed E-state index contributed by atoms with van der Waals surface area (Å²) >= 11 is 1.41. The van der Waals surface area contributed by atoms with Crippen LogP contribution in [-0.4, -0.2) is 47.4 Å². The Kier molecular flexibility index (Phi) is 6.19. The highest BCUT2D eigenvalue weighted by atomic mass is 32.2. The third-order valence-electron chi connectivity index (χ3n) is 7.03. The minimum absolute atomic E-state index is 0.107. The van der Waals surface area contributed by atoms with E-state index in [-0.39, 0.29) is 35.9 Å². The Labute approximate surface area is 220 Å². The van der Waals surface area contributed by atoms with Crippen LogP contribution in [0.4, 0.5) is 8.78 Å². The molecule has 8 nitrogen and oxygen atoms in total. The summed E-state index contributed by atoms with van der Waals surface area (Å²) in [5.41, 5.74) is 0.881. The van der Waals surface area contributed by atoms with Gasteiger partial charge in [-0.2, -0.15) is 0 Å². The van der Waals surface area contributed by atoms with Gasteiger partial charge in [-0.1, -0.05) is 24.3 Å². The van der Waals surface area contributed by atoms with Crippen molar-refractivity contribution < 1.29 is 27.8 Å². The minimum Gasteiger partial charge on any atom is -0.420 e. The number of amides is 1. The molecule has 1 saturated heterocycles. The Morgan fingerprint density at radius 2 is 1.89 bits per heavy atom. The second kappa shape index (κ2) is 9.55. The van der Waals surface area contributed by atoms with E-state index in [1.807, 2.05) is 29.3 Å². The van der Waals surface area contributed by atoms with Gasteiger partial charge in [-0.05, 0) is 23.3 Å². The molecule has 6 rings (SSSR count). The second-order valence-electron chi connectivity index (χ2n) is 9.21. The molecule has 1 aromatic heterocycles. The summed E-state index contributed by atoms with van der Waals surface area (Å²) in [5, 5.41) is 1.89. The number of esters is 1. The summed E-state index contributed by atoms with van der Waals surface area (Å²) in [6.07, 6.45) is 1.34. The molecular weight excluding hydrogens is 516 g/mol. The average Bonchev–Trinajstić information content (AvgIpc) is 3.24. The number of carbonyl (C=O) groups is 2. The van der Waals surface area contributed by atoms with E-state index in [0.29, 0.717) is 18.6 Å². The lowest BCUT2D eigenvalue weighted by Crippen LogP contribution is -2.62. The fourth-order valence-corrected chi connectivity index (χ4v) is 6.55. The van der Waals surface area contributed by atoms with Gasteiger partial charge in [0.05, 0.1) is 19.3 Å². The average molecular weight is 540 g/mol. The Hall–Kier alpha value is -3.70. The van der Waals surface area contributed by atoms with Gasteiger partial charge in [0.1, 0.15) is 6.17 Å². The molecule has 2 atom stereocenters. The first-order valence-corrected chi connectivity index (χ1v) is 13.1. The summed E-state index contributed by atoms with van der Waals surface area (Å²) in [4.78, 5) is 41.0. The standard InChI is InChI=1S/C27H23F2N3O5S/c1-15(33)37-26-20(34)8-10-31-25(26)27(35)30-11-13-36-12-9-22(30)32(31)24-16-6-7-19(28)23(29)18(16)14-38-21-5-3-2-4-17(21)24/h2-8,10,22,24H,9,11-14H2,1H3/t22-,24+/m1/s1. The number of pyridine rings is 1. The van der Waals surface area contributed by atoms with Crippen LogP contribution in [-0.2, 0) is 15.3 Å². The highest BCUT2D eigenvalue weighted by Gasteiger charge is 2.45. The van der Waals surface area contributed by atoms with Crippen LogP contribution in [0.2, 0.25) is 0 Å². The highest BCUT2D eigenvalue weighted by Crippen LogP contribution is 2.45. The Bertz CT molecular complexity index is 1530. The topological polar surface area (TPSA) is 81.1 Å². The van der Waals surface area contributed by atoms with Crippen LogP contribution >= 0.6 is 11.8 Å². The number of halogens is 2. The number of rotatable bonds is 2. The zero-order chi connectivity index (χ0) is 26.6. The van der Waals surface area contributed by atoms with Crippen molar-refractivity contribution in [3.05, 3.63) is 92.9 Å². The summed E-state index contributed by atoms with van der Waals surface area (Å²) in [6, 6.07) is 10.8. The first-order valence-electron chi connectivity index (χ1n) is 12.2. The molecule has 3 aliphatic heterocycles. The monoisotopic (exact) mass is 539 g/mol. The van der Waals surface area contributed by atoms with Gasteiger partial charge < -0.3 is 14.4 Å². The zero-order valence-corrected chi connectivity index (χ0v) is 21.2. The van der Waals surface area contributed by atoms with Gasteiger partial charge in [-0.25, -0.2) is 8.78 Å². The molecule has 1 amide bonds. The molecule has 38 heavy (non-hydrogen) atoms. The molecule has 1 fully saturated rings. The summed E-state index contributed by atoms with van der Waals surface area (Å²) in [6.45, 7) is 2.04. The maximum absolute atomic E-state index is 15.2. The van der Waals surface area contributed by atoms with Crippen molar-refractivity contribution >= 4 is 23.6 Å². The Balaban J connectivity index is 1.67. The van der Waals surface area contributed by atoms with E-state index >= 15 is 4.39 Å². The molecule has 0 saturated carbocycles. The van der Waals surface area contributed by atoms with Crippen LogP contribution in [0.5, 0.6) is 5.75 Å². The van der Waals surface area contributed by atoms with E-state index in [4.69, 9.17) is 9.47 Å². The summed E-state index contributed by atoms with van der Waals surface area (Å²) in [5.74, 6) is -3.23. The van der Waals surface area contributed by atoms with E-state index in [2.05, 4.69) is 0 Å². The van der Waals surface area contributed by atoms with Gasteiger partial charge in [0, 0.05) is 48.4 Å². The van der Waals surface area contributed by atoms with Crippen LogP contribution in [0, 0.1) is 11.6 Å². The van der Waals surface area contributed by atoms with Gasteiger partial charge in [0.2, 0.25) is 11.2 Å². The lowest BCUT2D eigenvalue weighted by Gasteiger charge is -2.49. The number of hydrogen-bond acceptors (Lipinski definition) is 7. The molecule has 3 aliphatic rings. The van der Waals surface area contributed by atoms with Crippen LogP contribution in [0.25, 0.3) is 0 Å². The fraction of sp³-hybridized carbons (Fsp3) is 0.296. The second-order valence-corrected chi connectivity index (χ2v) is 10.2. The molecule has 2 aromatic carbocycles. The minimum atomic E-state index is -0.937. The van der Waals surface area contributed by atoms with Crippen LogP contribution in [0.15, 0.2) is 58.4 Å². The number of hydrogen-bond donors (Lipinski definition) is 0. The van der Waals surface area contributed by atoms with Crippen molar-refractivity contribution in [1.29, 1.82) is 0 Å². The lowest BCUT2D eigenvalue weighted by molar-refractivity contribution is -0.132. The van der Waals surface area contributed by atoms with Gasteiger partial charge >= 0.3 is 5.97 Å². The molecule has 0 N–H and O–H groups in total. The van der Waals surface area contributed by atoms with E-state index in [0.717, 1.165) is 23.4 Å². The Morgan fingerprint density at radius 1 is 1.08 bits per heavy atom. The smallest absolute Gasteiger partial charge is 0.308 e. The summed E-state index contributed by atoms with van der Waals surface area (Å²) in [7, 11) is 0. The number of fused-ring (bicyclic) bond motifs is 4. The van der Waals surface area contributed by atoms with Crippen molar-refractivity contribution in [3.63, 3.8) is 0 Å². The van der Waals surface area contributed by atoms with Crippen LogP contribution < -0.4 is 15.2 Å². The maximum atomic E-state index is 15.2.